The number of hydrogen-bond acceptors (Lipinski definition) is 2. The van der Waals surface area contributed by atoms with E-state index in [1.165, 1.54) is 16.8 Å². The van der Waals surface area contributed by atoms with E-state index in [1.807, 2.05) is 0 Å². The molecule has 0 saturated carbocycles. The highest BCUT2D eigenvalue weighted by atomic mass is 15.2. The van der Waals surface area contributed by atoms with Gasteiger partial charge in [-0.2, -0.15) is 0 Å². The first-order chi connectivity index (χ1) is 7.22. The van der Waals surface area contributed by atoms with Crippen LogP contribution in [0.3, 0.4) is 0 Å². The maximum Gasteiger partial charge on any atom is 0.0441 e. The molecule has 0 amide bonds. The normalized spacial score (nSPS) is 21.0. The Morgan fingerprint density at radius 3 is 3.00 bits per heavy atom. The summed E-state index contributed by atoms with van der Waals surface area (Å²) in [5.41, 5.74) is 4.27. The molecule has 15 heavy (non-hydrogen) atoms. The van der Waals surface area contributed by atoms with Crippen LogP contribution in [0, 0.1) is 6.92 Å². The third kappa shape index (κ3) is 2.00. The zero-order valence-corrected chi connectivity index (χ0v) is 9.88. The molecule has 0 aliphatic carbocycles. The minimum Gasteiger partial charge on any atom is -0.370 e. The summed E-state index contributed by atoms with van der Waals surface area (Å²) < 4.78 is 0. The Balaban J connectivity index is 2.44. The second kappa shape index (κ2) is 4.23. The van der Waals surface area contributed by atoms with Gasteiger partial charge >= 0.3 is 0 Å². The minimum atomic E-state index is 0.566. The second-order valence-corrected chi connectivity index (χ2v) is 4.40. The zero-order valence-electron chi connectivity index (χ0n) is 9.88. The Morgan fingerprint density at radius 1 is 1.47 bits per heavy atom. The van der Waals surface area contributed by atoms with Crippen molar-refractivity contribution in [2.75, 3.05) is 18.0 Å². The van der Waals surface area contributed by atoms with Gasteiger partial charge in [0.2, 0.25) is 0 Å². The smallest absolute Gasteiger partial charge is 0.0441 e. The van der Waals surface area contributed by atoms with Gasteiger partial charge < -0.3 is 10.2 Å². The van der Waals surface area contributed by atoms with E-state index >= 15 is 0 Å². The van der Waals surface area contributed by atoms with Gasteiger partial charge in [-0.25, -0.2) is 0 Å². The molecular weight excluding hydrogens is 184 g/mol. The van der Waals surface area contributed by atoms with Gasteiger partial charge in [0, 0.05) is 31.4 Å². The predicted molar refractivity (Wildman–Crippen MR) is 65.4 cm³/mol. The molecule has 0 fully saturated rings. The lowest BCUT2D eigenvalue weighted by molar-refractivity contribution is 0.556. The Bertz CT molecular complexity index is 346. The fourth-order valence-electron chi connectivity index (χ4n) is 2.37. The zero-order chi connectivity index (χ0) is 10.8. The molecule has 0 spiro atoms. The van der Waals surface area contributed by atoms with Crippen molar-refractivity contribution < 1.29 is 0 Å². The summed E-state index contributed by atoms with van der Waals surface area (Å²) in [5.74, 6) is 0. The summed E-state index contributed by atoms with van der Waals surface area (Å²) >= 11 is 0. The fraction of sp³-hybridized carbons (Fsp3) is 0.538. The van der Waals surface area contributed by atoms with Gasteiger partial charge in [0.1, 0.15) is 0 Å². The van der Waals surface area contributed by atoms with Gasteiger partial charge in [0.05, 0.1) is 0 Å². The Labute approximate surface area is 92.3 Å². The van der Waals surface area contributed by atoms with E-state index in [1.54, 1.807) is 0 Å². The van der Waals surface area contributed by atoms with Gasteiger partial charge in [-0.15, -0.1) is 0 Å². The SMILES string of the molecule is CCN1CC(C)NCc2cccc(C)c21. The van der Waals surface area contributed by atoms with Crippen molar-refractivity contribution in [2.24, 2.45) is 0 Å². The van der Waals surface area contributed by atoms with Gasteiger partial charge in [0.15, 0.2) is 0 Å². The van der Waals surface area contributed by atoms with Crippen LogP contribution in [0.2, 0.25) is 0 Å². The predicted octanol–water partition coefficient (Wildman–Crippen LogP) is 2.31. The molecule has 1 atom stereocenters. The number of hydrogen-bond donors (Lipinski definition) is 1. The highest BCUT2D eigenvalue weighted by molar-refractivity contribution is 5.60. The number of likely N-dealkylation sites (N-methyl/N-ethyl adjacent to an activating group) is 1. The quantitative estimate of drug-likeness (QED) is 0.755. The van der Waals surface area contributed by atoms with Crippen molar-refractivity contribution in [2.45, 2.75) is 33.4 Å². The molecule has 1 aromatic rings. The molecule has 1 unspecified atom stereocenters. The van der Waals surface area contributed by atoms with Crippen LogP contribution in [0.4, 0.5) is 5.69 Å². The van der Waals surface area contributed by atoms with Gasteiger partial charge in [0.25, 0.3) is 0 Å². The first-order valence-corrected chi connectivity index (χ1v) is 5.79. The summed E-state index contributed by atoms with van der Waals surface area (Å²) in [4.78, 5) is 2.48. The number of benzene rings is 1. The van der Waals surface area contributed by atoms with Crippen molar-refractivity contribution in [3.8, 4) is 0 Å². The largest absolute Gasteiger partial charge is 0.370 e. The van der Waals surface area contributed by atoms with Gasteiger partial charge in [-0.05, 0) is 31.9 Å². The lowest BCUT2D eigenvalue weighted by Gasteiger charge is -2.26. The van der Waals surface area contributed by atoms with E-state index in [2.05, 4.69) is 49.2 Å². The lowest BCUT2D eigenvalue weighted by Crippen LogP contribution is -2.36. The summed E-state index contributed by atoms with van der Waals surface area (Å²) in [5, 5.41) is 3.55. The molecule has 82 valence electrons. The number of nitrogens with zero attached hydrogens (tertiary/aromatic N) is 1. The first-order valence-electron chi connectivity index (χ1n) is 5.79. The van der Waals surface area contributed by atoms with E-state index in [-0.39, 0.29) is 0 Å². The highest BCUT2D eigenvalue weighted by Crippen LogP contribution is 2.27. The Hall–Kier alpha value is -1.02. The van der Waals surface area contributed by atoms with E-state index in [0.717, 1.165) is 19.6 Å². The third-order valence-corrected chi connectivity index (χ3v) is 3.15. The maximum atomic E-state index is 3.55. The molecule has 1 aliphatic rings. The molecular formula is C13H20N2. The van der Waals surface area contributed by atoms with Crippen LogP contribution in [0.15, 0.2) is 18.2 Å². The highest BCUT2D eigenvalue weighted by Gasteiger charge is 2.18. The van der Waals surface area contributed by atoms with E-state index < -0.39 is 0 Å². The number of para-hydroxylation sites is 1. The molecule has 0 bridgehead atoms. The van der Waals surface area contributed by atoms with Crippen LogP contribution in [-0.4, -0.2) is 19.1 Å². The lowest BCUT2D eigenvalue weighted by atomic mass is 10.1. The van der Waals surface area contributed by atoms with Crippen LogP contribution in [-0.2, 0) is 6.54 Å². The molecule has 1 N–H and O–H groups in total. The second-order valence-electron chi connectivity index (χ2n) is 4.40. The molecule has 2 rings (SSSR count). The van der Waals surface area contributed by atoms with Crippen molar-refractivity contribution in [3.63, 3.8) is 0 Å². The van der Waals surface area contributed by atoms with Crippen molar-refractivity contribution in [3.05, 3.63) is 29.3 Å². The van der Waals surface area contributed by atoms with Crippen LogP contribution < -0.4 is 10.2 Å². The Kier molecular flexibility index (Phi) is 2.96. The molecule has 2 nitrogen and oxygen atoms in total. The number of fused-ring (bicyclic) bond motifs is 1. The number of aryl methyl sites for hydroxylation is 1. The summed E-state index contributed by atoms with van der Waals surface area (Å²) in [6.45, 7) is 9.88. The first kappa shape index (κ1) is 10.5. The van der Waals surface area contributed by atoms with Crippen LogP contribution in [0.1, 0.15) is 25.0 Å². The fourth-order valence-corrected chi connectivity index (χ4v) is 2.37. The van der Waals surface area contributed by atoms with E-state index in [4.69, 9.17) is 0 Å². The summed E-state index contributed by atoms with van der Waals surface area (Å²) in [7, 11) is 0. The molecule has 1 aliphatic heterocycles. The number of anilines is 1. The van der Waals surface area contributed by atoms with Crippen LogP contribution in [0.25, 0.3) is 0 Å². The average Bonchev–Trinajstić information content (AvgIpc) is 2.39. The molecule has 1 aromatic carbocycles. The van der Waals surface area contributed by atoms with Gasteiger partial charge in [-0.1, -0.05) is 18.2 Å². The molecule has 0 aromatic heterocycles. The van der Waals surface area contributed by atoms with Crippen molar-refractivity contribution >= 4 is 5.69 Å². The number of nitrogens with one attached hydrogen (secondary N) is 1. The van der Waals surface area contributed by atoms with Crippen LogP contribution in [0.5, 0.6) is 0 Å². The molecule has 2 heteroatoms. The van der Waals surface area contributed by atoms with Gasteiger partial charge in [-0.3, -0.25) is 0 Å². The third-order valence-electron chi connectivity index (χ3n) is 3.15. The van der Waals surface area contributed by atoms with E-state index in [9.17, 15) is 0 Å². The summed E-state index contributed by atoms with van der Waals surface area (Å²) in [6.07, 6.45) is 0. The van der Waals surface area contributed by atoms with Crippen LogP contribution >= 0.6 is 0 Å². The van der Waals surface area contributed by atoms with E-state index in [0.29, 0.717) is 6.04 Å². The van der Waals surface area contributed by atoms with Crippen molar-refractivity contribution in [1.29, 1.82) is 0 Å². The maximum absolute atomic E-state index is 3.55. The average molecular weight is 204 g/mol. The number of rotatable bonds is 1. The Morgan fingerprint density at radius 2 is 2.27 bits per heavy atom. The monoisotopic (exact) mass is 204 g/mol. The molecule has 1 heterocycles. The minimum absolute atomic E-state index is 0.566. The molecule has 0 saturated heterocycles. The topological polar surface area (TPSA) is 15.3 Å². The standard InChI is InChI=1S/C13H20N2/c1-4-15-9-11(3)14-8-12-7-5-6-10(2)13(12)15/h5-7,11,14H,4,8-9H2,1-3H3. The molecule has 0 radical (unpaired) electrons. The van der Waals surface area contributed by atoms with Crippen molar-refractivity contribution in [1.82, 2.24) is 5.32 Å². The summed E-state index contributed by atoms with van der Waals surface area (Å²) in [6, 6.07) is 7.16.